The van der Waals surface area contributed by atoms with Crippen molar-refractivity contribution in [2.45, 2.75) is 90.4 Å². The van der Waals surface area contributed by atoms with Crippen LogP contribution in [0.3, 0.4) is 0 Å². The van der Waals surface area contributed by atoms with Crippen LogP contribution in [0.1, 0.15) is 78.5 Å². The summed E-state index contributed by atoms with van der Waals surface area (Å²) in [6.07, 6.45) is 2.48. The maximum Gasteiger partial charge on any atom is 0.417 e. The van der Waals surface area contributed by atoms with Gasteiger partial charge < -0.3 is 24.4 Å². The van der Waals surface area contributed by atoms with Gasteiger partial charge in [-0.05, 0) is 78.9 Å². The molecule has 0 saturated carbocycles. The van der Waals surface area contributed by atoms with Crippen LogP contribution >= 0.6 is 0 Å². The molecule has 0 aliphatic carbocycles. The number of unbranched alkanes of at least 4 members (excludes halogenated alkanes) is 1. The Morgan fingerprint density at radius 3 is 2.12 bits per heavy atom. The van der Waals surface area contributed by atoms with Crippen LogP contribution in [0, 0.1) is 0 Å². The van der Waals surface area contributed by atoms with Gasteiger partial charge in [0.2, 0.25) is 0 Å². The van der Waals surface area contributed by atoms with Gasteiger partial charge >= 0.3 is 12.1 Å². The predicted octanol–water partition coefficient (Wildman–Crippen LogP) is 6.13. The monoisotopic (exact) mass is 595 g/mol. The molecule has 1 N–H and O–H groups in total. The van der Waals surface area contributed by atoms with Gasteiger partial charge in [-0.2, -0.15) is 0 Å². The lowest BCUT2D eigenvalue weighted by Crippen LogP contribution is -2.59. The van der Waals surface area contributed by atoms with E-state index in [4.69, 9.17) is 14.2 Å². The summed E-state index contributed by atoms with van der Waals surface area (Å²) in [4.78, 5) is 39.6. The number of carbonyl (C=O) groups is 3. The summed E-state index contributed by atoms with van der Waals surface area (Å²) < 4.78 is 16.1. The van der Waals surface area contributed by atoms with E-state index in [0.717, 1.165) is 29.7 Å². The zero-order valence-electron chi connectivity index (χ0n) is 26.9. The molecule has 2 aromatic carbocycles. The lowest BCUT2D eigenvalue weighted by molar-refractivity contribution is -0.152. The molecule has 4 amide bonds. The van der Waals surface area contributed by atoms with Crippen LogP contribution in [0.5, 0.6) is 0 Å². The summed E-state index contributed by atoms with van der Waals surface area (Å²) in [5.74, 6) is -0.356. The van der Waals surface area contributed by atoms with Crippen molar-refractivity contribution in [3.05, 3.63) is 71.8 Å². The van der Waals surface area contributed by atoms with Crippen molar-refractivity contribution in [3.8, 4) is 0 Å². The lowest BCUT2D eigenvalue weighted by Gasteiger charge is -2.47. The van der Waals surface area contributed by atoms with Crippen LogP contribution in [0.4, 0.5) is 9.59 Å². The molecule has 43 heavy (non-hydrogen) atoms. The van der Waals surface area contributed by atoms with Gasteiger partial charge in [-0.15, -0.1) is 0 Å². The number of urea groups is 1. The number of morpholine rings is 2. The third kappa shape index (κ3) is 10.1. The number of nitrogens with one attached hydrogen (secondary N) is 1. The molecule has 0 spiro atoms. The molecule has 0 radical (unpaired) electrons. The van der Waals surface area contributed by atoms with Gasteiger partial charge in [0.25, 0.3) is 5.91 Å². The Kier molecular flexibility index (Phi) is 11.8. The minimum atomic E-state index is -0.655. The molecule has 2 heterocycles. The number of rotatable bonds is 6. The number of imide groups is 1. The highest BCUT2D eigenvalue weighted by Crippen LogP contribution is 2.33. The molecule has 236 valence electrons. The van der Waals surface area contributed by atoms with E-state index >= 15 is 0 Å². The number of nitrogens with zero attached hydrogens (tertiary/aromatic N) is 2. The average Bonchev–Trinajstić information content (AvgIpc) is 2.92. The van der Waals surface area contributed by atoms with Crippen LogP contribution < -0.4 is 5.32 Å². The maximum absolute atomic E-state index is 13.0. The van der Waals surface area contributed by atoms with E-state index in [1.165, 1.54) is 5.56 Å². The fourth-order valence-corrected chi connectivity index (χ4v) is 5.21. The number of aryl methyl sites for hydroxylation is 1. The first-order chi connectivity index (χ1) is 20.2. The average molecular weight is 596 g/mol. The zero-order chi connectivity index (χ0) is 31.7. The number of hydrogen-bond donors (Lipinski definition) is 1. The molecule has 2 aromatic rings. The highest BCUT2D eigenvalue weighted by atomic mass is 16.6. The second-order valence-corrected chi connectivity index (χ2v) is 13.3. The van der Waals surface area contributed by atoms with Gasteiger partial charge in [0.05, 0.1) is 36.9 Å². The Morgan fingerprint density at radius 1 is 0.907 bits per heavy atom. The fourth-order valence-electron chi connectivity index (χ4n) is 5.21. The van der Waals surface area contributed by atoms with Crippen molar-refractivity contribution < 1.29 is 28.6 Å². The van der Waals surface area contributed by atoms with Crippen LogP contribution in [-0.2, 0) is 25.4 Å². The second-order valence-electron chi connectivity index (χ2n) is 13.3. The largest absolute Gasteiger partial charge is 0.443 e. The van der Waals surface area contributed by atoms with Crippen LogP contribution in [0.25, 0.3) is 0 Å². The standard InChI is InChI=1S/C23H30N2O2.C11H19NO4/c1-23(2)18-27-17-21(20-14-7-4-8-15-20)25(23)22(26)24-16-10-9-13-19-11-5-3-6-12-19;1-10(2,3)16-9(14)12-8(13)6-15-7-11(12,4)5/h3-8,11-12,14-15,21H,9-10,13,16-18H2,1-2H3,(H,24,26);6-7H2,1-5H3. The summed E-state index contributed by atoms with van der Waals surface area (Å²) >= 11 is 0. The Bertz CT molecular complexity index is 1190. The first kappa shape index (κ1) is 34.1. The Morgan fingerprint density at radius 2 is 1.51 bits per heavy atom. The summed E-state index contributed by atoms with van der Waals surface area (Å²) in [6.45, 7) is 15.0. The van der Waals surface area contributed by atoms with Gasteiger partial charge in [0, 0.05) is 6.54 Å². The Labute approximate surface area is 256 Å². The molecule has 2 fully saturated rings. The number of carbonyl (C=O) groups excluding carboxylic acids is 3. The number of benzene rings is 2. The summed E-state index contributed by atoms with van der Waals surface area (Å²) in [6, 6.07) is 20.6. The number of ether oxygens (including phenoxy) is 3. The first-order valence-electron chi connectivity index (χ1n) is 15.1. The van der Waals surface area contributed by atoms with Crippen LogP contribution in [-0.4, -0.2) is 77.5 Å². The van der Waals surface area contributed by atoms with Crippen molar-refractivity contribution in [1.82, 2.24) is 15.1 Å². The summed E-state index contributed by atoms with van der Waals surface area (Å²) in [7, 11) is 0. The predicted molar refractivity (Wildman–Crippen MR) is 167 cm³/mol. The van der Waals surface area contributed by atoms with Gasteiger partial charge in [0.15, 0.2) is 0 Å². The molecule has 2 aliphatic rings. The lowest BCUT2D eigenvalue weighted by atomic mass is 9.95. The third-order valence-electron chi connectivity index (χ3n) is 7.22. The highest BCUT2D eigenvalue weighted by molar-refractivity contribution is 5.94. The van der Waals surface area contributed by atoms with Crippen LogP contribution in [0.15, 0.2) is 60.7 Å². The second kappa shape index (κ2) is 14.8. The van der Waals surface area contributed by atoms with E-state index in [1.54, 1.807) is 34.6 Å². The molecular weight excluding hydrogens is 546 g/mol. The summed E-state index contributed by atoms with van der Waals surface area (Å²) in [5, 5.41) is 3.13. The molecule has 1 unspecified atom stereocenters. The van der Waals surface area contributed by atoms with Crippen molar-refractivity contribution >= 4 is 18.0 Å². The molecule has 2 aliphatic heterocycles. The fraction of sp³-hybridized carbons (Fsp3) is 0.559. The van der Waals surface area contributed by atoms with Gasteiger partial charge in [-0.25, -0.2) is 14.5 Å². The van der Waals surface area contributed by atoms with Crippen molar-refractivity contribution in [1.29, 1.82) is 0 Å². The molecule has 4 rings (SSSR count). The first-order valence-corrected chi connectivity index (χ1v) is 15.1. The van der Waals surface area contributed by atoms with Gasteiger partial charge in [0.1, 0.15) is 12.2 Å². The Balaban J connectivity index is 0.000000271. The van der Waals surface area contributed by atoms with Crippen LogP contribution in [0.2, 0.25) is 0 Å². The number of hydrogen-bond acceptors (Lipinski definition) is 6. The van der Waals surface area contributed by atoms with E-state index in [9.17, 15) is 14.4 Å². The quantitative estimate of drug-likeness (QED) is 0.404. The van der Waals surface area contributed by atoms with E-state index < -0.39 is 17.2 Å². The number of amides is 4. The zero-order valence-corrected chi connectivity index (χ0v) is 26.9. The minimum absolute atomic E-state index is 0.00290. The molecule has 1 atom stereocenters. The van der Waals surface area contributed by atoms with Crippen molar-refractivity contribution in [2.24, 2.45) is 0 Å². The maximum atomic E-state index is 13.0. The van der Waals surface area contributed by atoms with Gasteiger partial charge in [-0.1, -0.05) is 60.7 Å². The molecule has 0 bridgehead atoms. The molecule has 0 aromatic heterocycles. The van der Waals surface area contributed by atoms with E-state index in [0.29, 0.717) is 26.4 Å². The SMILES string of the molecule is CC(C)(C)OC(=O)N1C(=O)COCC1(C)C.CC1(C)COCC(c2ccccc2)N1C(=O)NCCCCc1ccccc1. The van der Waals surface area contributed by atoms with E-state index in [2.05, 4.69) is 55.6 Å². The highest BCUT2D eigenvalue weighted by Gasteiger charge is 2.42. The normalized spacial score (nSPS) is 19.6. The van der Waals surface area contributed by atoms with Crippen molar-refractivity contribution in [3.63, 3.8) is 0 Å². The topological polar surface area (TPSA) is 97.4 Å². The van der Waals surface area contributed by atoms with Crippen molar-refractivity contribution in [2.75, 3.05) is 33.0 Å². The molecule has 9 nitrogen and oxygen atoms in total. The minimum Gasteiger partial charge on any atom is -0.443 e. The summed E-state index contributed by atoms with van der Waals surface area (Å²) in [5.41, 5.74) is 0.864. The molecular formula is C34H49N3O6. The smallest absolute Gasteiger partial charge is 0.417 e. The van der Waals surface area contributed by atoms with Gasteiger partial charge in [-0.3, -0.25) is 4.79 Å². The molecule has 2 saturated heterocycles. The van der Waals surface area contributed by atoms with E-state index in [1.807, 2.05) is 29.2 Å². The Hall–Kier alpha value is -3.43. The molecule has 9 heteroatoms. The third-order valence-corrected chi connectivity index (χ3v) is 7.22. The van der Waals surface area contributed by atoms with E-state index in [-0.39, 0.29) is 30.1 Å².